The normalized spacial score (nSPS) is 18.2. The number of benzene rings is 2. The molecular weight excluding hydrogens is 330 g/mol. The monoisotopic (exact) mass is 353 g/mol. The molecular formula is C20H23N3O3. The van der Waals surface area contributed by atoms with Gasteiger partial charge in [0.25, 0.3) is 0 Å². The van der Waals surface area contributed by atoms with Crippen LogP contribution in [0.5, 0.6) is 11.5 Å². The van der Waals surface area contributed by atoms with Crippen molar-refractivity contribution in [2.75, 3.05) is 36.9 Å². The van der Waals surface area contributed by atoms with E-state index >= 15 is 0 Å². The molecule has 3 N–H and O–H groups in total. The van der Waals surface area contributed by atoms with Gasteiger partial charge in [-0.15, -0.1) is 0 Å². The summed E-state index contributed by atoms with van der Waals surface area (Å²) in [5.41, 5.74) is 9.09. The van der Waals surface area contributed by atoms with E-state index < -0.39 is 0 Å². The van der Waals surface area contributed by atoms with Gasteiger partial charge in [0.2, 0.25) is 5.91 Å². The summed E-state index contributed by atoms with van der Waals surface area (Å²) in [5, 5.41) is 2.96. The zero-order chi connectivity index (χ0) is 17.9. The molecule has 2 heterocycles. The first-order valence-electron chi connectivity index (χ1n) is 8.98. The van der Waals surface area contributed by atoms with Gasteiger partial charge in [-0.25, -0.2) is 0 Å². The lowest BCUT2D eigenvalue weighted by Crippen LogP contribution is -2.45. The van der Waals surface area contributed by atoms with Crippen LogP contribution in [0, 0.1) is 0 Å². The van der Waals surface area contributed by atoms with Crippen molar-refractivity contribution in [1.82, 2.24) is 5.32 Å². The lowest BCUT2D eigenvalue weighted by Gasteiger charge is -2.32. The molecule has 0 saturated carbocycles. The Morgan fingerprint density at radius 3 is 2.92 bits per heavy atom. The van der Waals surface area contributed by atoms with E-state index in [1.807, 2.05) is 42.5 Å². The molecule has 4 rings (SSSR count). The largest absolute Gasteiger partial charge is 0.486 e. The van der Waals surface area contributed by atoms with Crippen LogP contribution in [0.25, 0.3) is 0 Å². The highest BCUT2D eigenvalue weighted by Crippen LogP contribution is 2.31. The van der Waals surface area contributed by atoms with Crippen LogP contribution < -0.4 is 25.4 Å². The molecule has 2 aromatic rings. The number of ether oxygens (including phenoxy) is 2. The molecule has 0 saturated heterocycles. The van der Waals surface area contributed by atoms with E-state index in [0.717, 1.165) is 47.8 Å². The molecule has 1 unspecified atom stereocenters. The zero-order valence-electron chi connectivity index (χ0n) is 14.6. The SMILES string of the molecule is Nc1cccc2c1CCCN2CC(=O)NCC1COc2ccccc2O1. The maximum atomic E-state index is 12.4. The van der Waals surface area contributed by atoms with Crippen molar-refractivity contribution < 1.29 is 14.3 Å². The molecule has 2 aromatic carbocycles. The summed E-state index contributed by atoms with van der Waals surface area (Å²) < 4.78 is 11.6. The first-order chi connectivity index (χ1) is 12.7. The highest BCUT2D eigenvalue weighted by atomic mass is 16.6. The molecule has 6 heteroatoms. The Kier molecular flexibility index (Phi) is 4.56. The van der Waals surface area contributed by atoms with Gasteiger partial charge in [-0.2, -0.15) is 0 Å². The lowest BCUT2D eigenvalue weighted by atomic mass is 10.00. The number of carbonyl (C=O) groups excluding carboxylic acids is 1. The van der Waals surface area contributed by atoms with Crippen molar-refractivity contribution in [2.45, 2.75) is 18.9 Å². The van der Waals surface area contributed by atoms with E-state index in [-0.39, 0.29) is 12.0 Å². The quantitative estimate of drug-likeness (QED) is 0.822. The molecule has 0 fully saturated rings. The molecule has 0 bridgehead atoms. The number of hydrogen-bond donors (Lipinski definition) is 2. The van der Waals surface area contributed by atoms with Gasteiger partial charge in [-0.1, -0.05) is 18.2 Å². The fraction of sp³-hybridized carbons (Fsp3) is 0.350. The predicted octanol–water partition coefficient (Wildman–Crippen LogP) is 1.98. The van der Waals surface area contributed by atoms with Gasteiger partial charge in [0.05, 0.1) is 13.1 Å². The molecule has 2 aliphatic rings. The molecule has 26 heavy (non-hydrogen) atoms. The van der Waals surface area contributed by atoms with Gasteiger partial charge < -0.3 is 25.4 Å². The van der Waals surface area contributed by atoms with Crippen LogP contribution in [0.3, 0.4) is 0 Å². The van der Waals surface area contributed by atoms with E-state index in [2.05, 4.69) is 10.2 Å². The van der Waals surface area contributed by atoms with E-state index in [0.29, 0.717) is 19.7 Å². The number of para-hydroxylation sites is 2. The van der Waals surface area contributed by atoms with Crippen molar-refractivity contribution in [3.8, 4) is 11.5 Å². The van der Waals surface area contributed by atoms with Crippen molar-refractivity contribution in [1.29, 1.82) is 0 Å². The molecule has 0 spiro atoms. The minimum Gasteiger partial charge on any atom is -0.486 e. The highest BCUT2D eigenvalue weighted by molar-refractivity contribution is 5.82. The molecule has 1 atom stereocenters. The van der Waals surface area contributed by atoms with Crippen LogP contribution in [0.4, 0.5) is 11.4 Å². The van der Waals surface area contributed by atoms with Crippen molar-refractivity contribution in [2.24, 2.45) is 0 Å². The number of hydrogen-bond acceptors (Lipinski definition) is 5. The van der Waals surface area contributed by atoms with Gasteiger partial charge in [0, 0.05) is 17.9 Å². The first-order valence-corrected chi connectivity index (χ1v) is 8.98. The maximum Gasteiger partial charge on any atom is 0.239 e. The average Bonchev–Trinajstić information content (AvgIpc) is 2.67. The number of nitrogens with one attached hydrogen (secondary N) is 1. The average molecular weight is 353 g/mol. The second-order valence-electron chi connectivity index (χ2n) is 6.67. The summed E-state index contributed by atoms with van der Waals surface area (Å²) in [5.74, 6) is 1.44. The third kappa shape index (κ3) is 3.40. The summed E-state index contributed by atoms with van der Waals surface area (Å²) >= 11 is 0. The standard InChI is InChI=1S/C20H23N3O3/c21-16-6-3-7-17-15(16)5-4-10-23(17)12-20(24)22-11-14-13-25-18-8-1-2-9-19(18)26-14/h1-3,6-9,14H,4-5,10-13,21H2,(H,22,24). The molecule has 1 amide bonds. The van der Waals surface area contributed by atoms with Crippen LogP contribution in [0.2, 0.25) is 0 Å². The molecule has 0 aromatic heterocycles. The van der Waals surface area contributed by atoms with E-state index in [1.54, 1.807) is 0 Å². The molecule has 136 valence electrons. The van der Waals surface area contributed by atoms with E-state index in [4.69, 9.17) is 15.2 Å². The second kappa shape index (κ2) is 7.15. The van der Waals surface area contributed by atoms with Crippen molar-refractivity contribution >= 4 is 17.3 Å². The number of fused-ring (bicyclic) bond motifs is 2. The number of nitrogens with zero attached hydrogens (tertiary/aromatic N) is 1. The zero-order valence-corrected chi connectivity index (χ0v) is 14.6. The highest BCUT2D eigenvalue weighted by Gasteiger charge is 2.23. The summed E-state index contributed by atoms with van der Waals surface area (Å²) in [4.78, 5) is 14.5. The van der Waals surface area contributed by atoms with Crippen molar-refractivity contribution in [3.05, 3.63) is 48.0 Å². The molecule has 6 nitrogen and oxygen atoms in total. The minimum absolute atomic E-state index is 0.0252. The Morgan fingerprint density at radius 2 is 2.04 bits per heavy atom. The van der Waals surface area contributed by atoms with Gasteiger partial charge in [0.1, 0.15) is 12.7 Å². The number of nitrogens with two attached hydrogens (primary N) is 1. The number of rotatable bonds is 4. The van der Waals surface area contributed by atoms with Gasteiger partial charge >= 0.3 is 0 Å². The molecule has 2 aliphatic heterocycles. The Hall–Kier alpha value is -2.89. The number of nitrogen functional groups attached to an aromatic ring is 1. The maximum absolute atomic E-state index is 12.4. The van der Waals surface area contributed by atoms with Crippen LogP contribution in [0.1, 0.15) is 12.0 Å². The summed E-state index contributed by atoms with van der Waals surface area (Å²) in [6.07, 6.45) is 1.79. The summed E-state index contributed by atoms with van der Waals surface area (Å²) in [6.45, 7) is 2.03. The topological polar surface area (TPSA) is 76.8 Å². The fourth-order valence-corrected chi connectivity index (χ4v) is 3.51. The minimum atomic E-state index is -0.182. The smallest absolute Gasteiger partial charge is 0.239 e. The van der Waals surface area contributed by atoms with Crippen molar-refractivity contribution in [3.63, 3.8) is 0 Å². The second-order valence-corrected chi connectivity index (χ2v) is 6.67. The summed E-state index contributed by atoms with van der Waals surface area (Å²) in [6, 6.07) is 13.5. The number of anilines is 2. The van der Waals surface area contributed by atoms with Gasteiger partial charge in [0.15, 0.2) is 11.5 Å². The molecule has 0 radical (unpaired) electrons. The predicted molar refractivity (Wildman–Crippen MR) is 101 cm³/mol. The van der Waals surface area contributed by atoms with Crippen LogP contribution in [-0.4, -0.2) is 38.3 Å². The lowest BCUT2D eigenvalue weighted by molar-refractivity contribution is -0.120. The van der Waals surface area contributed by atoms with Gasteiger partial charge in [-0.3, -0.25) is 4.79 Å². The third-order valence-corrected chi connectivity index (χ3v) is 4.81. The Labute approximate surface area is 152 Å². The third-order valence-electron chi connectivity index (χ3n) is 4.81. The number of amides is 1. The fourth-order valence-electron chi connectivity index (χ4n) is 3.51. The van der Waals surface area contributed by atoms with Crippen LogP contribution in [-0.2, 0) is 11.2 Å². The first kappa shape index (κ1) is 16.6. The van der Waals surface area contributed by atoms with E-state index in [9.17, 15) is 4.79 Å². The van der Waals surface area contributed by atoms with Gasteiger partial charge in [-0.05, 0) is 42.7 Å². The Bertz CT molecular complexity index is 809. The number of carbonyl (C=O) groups is 1. The van der Waals surface area contributed by atoms with Crippen LogP contribution in [0.15, 0.2) is 42.5 Å². The Morgan fingerprint density at radius 1 is 1.19 bits per heavy atom. The van der Waals surface area contributed by atoms with Crippen LogP contribution >= 0.6 is 0 Å². The summed E-state index contributed by atoms with van der Waals surface area (Å²) in [7, 11) is 0. The van der Waals surface area contributed by atoms with E-state index in [1.165, 1.54) is 0 Å². The Balaban J connectivity index is 1.33. The molecule has 0 aliphatic carbocycles.